The van der Waals surface area contributed by atoms with Crippen LogP contribution in [0.5, 0.6) is 5.75 Å². The fourth-order valence-corrected chi connectivity index (χ4v) is 3.04. The molecule has 5 nitrogen and oxygen atoms in total. The third kappa shape index (κ3) is 5.11. The molecule has 0 spiro atoms. The van der Waals surface area contributed by atoms with Crippen molar-refractivity contribution in [3.63, 3.8) is 0 Å². The monoisotopic (exact) mass is 300 g/mol. The Morgan fingerprint density at radius 3 is 2.65 bits per heavy atom. The van der Waals surface area contributed by atoms with Crippen LogP contribution in [0.4, 0.5) is 0 Å². The van der Waals surface area contributed by atoms with Gasteiger partial charge in [0.25, 0.3) is 0 Å². The summed E-state index contributed by atoms with van der Waals surface area (Å²) in [5.41, 5.74) is 0.868. The van der Waals surface area contributed by atoms with Gasteiger partial charge in [0, 0.05) is 19.2 Å². The lowest BCUT2D eigenvalue weighted by Gasteiger charge is -2.18. The summed E-state index contributed by atoms with van der Waals surface area (Å²) in [5.74, 6) is 0.869. The van der Waals surface area contributed by atoms with Crippen molar-refractivity contribution >= 4 is 10.0 Å². The van der Waals surface area contributed by atoms with Crippen LogP contribution in [0.25, 0.3) is 0 Å². The van der Waals surface area contributed by atoms with Crippen molar-refractivity contribution in [1.82, 2.24) is 9.62 Å². The van der Waals surface area contributed by atoms with E-state index < -0.39 is 10.0 Å². The molecule has 1 N–H and O–H groups in total. The third-order valence-electron chi connectivity index (χ3n) is 3.07. The normalized spacial score (nSPS) is 11.8. The lowest BCUT2D eigenvalue weighted by atomic mass is 10.2. The minimum atomic E-state index is -3.23. The molecule has 0 amide bonds. The summed E-state index contributed by atoms with van der Waals surface area (Å²) in [6.07, 6.45) is 0.617. The van der Waals surface area contributed by atoms with Crippen LogP contribution in [0.15, 0.2) is 24.3 Å². The summed E-state index contributed by atoms with van der Waals surface area (Å²) in [4.78, 5) is 0. The second-order valence-corrected chi connectivity index (χ2v) is 6.79. The summed E-state index contributed by atoms with van der Waals surface area (Å²) in [7, 11) is -0.0329. The second-order valence-electron chi connectivity index (χ2n) is 4.59. The maximum absolute atomic E-state index is 12.2. The van der Waals surface area contributed by atoms with E-state index in [4.69, 9.17) is 4.74 Å². The highest BCUT2D eigenvalue weighted by molar-refractivity contribution is 7.89. The molecular weight excluding hydrogens is 276 g/mol. The van der Waals surface area contributed by atoms with Crippen LogP contribution >= 0.6 is 0 Å². The predicted octanol–water partition coefficient (Wildman–Crippen LogP) is 1.46. The van der Waals surface area contributed by atoms with Gasteiger partial charge in [0.05, 0.1) is 12.9 Å². The van der Waals surface area contributed by atoms with Crippen LogP contribution < -0.4 is 10.1 Å². The lowest BCUT2D eigenvalue weighted by Crippen LogP contribution is -2.30. The molecule has 0 aliphatic rings. The minimum absolute atomic E-state index is 0.158. The Labute approximate surface area is 122 Å². The number of para-hydroxylation sites is 1. The number of nitrogens with one attached hydrogen (secondary N) is 1. The Morgan fingerprint density at radius 2 is 2.00 bits per heavy atom. The molecule has 0 aliphatic carbocycles. The number of methoxy groups -OCH3 is 1. The molecule has 1 aromatic carbocycles. The first-order valence-electron chi connectivity index (χ1n) is 6.78. The first kappa shape index (κ1) is 16.9. The van der Waals surface area contributed by atoms with Gasteiger partial charge in [0.15, 0.2) is 0 Å². The average molecular weight is 300 g/mol. The van der Waals surface area contributed by atoms with Crippen LogP contribution in [0, 0.1) is 0 Å². The molecule has 0 aliphatic heterocycles. The van der Waals surface area contributed by atoms with Crippen LogP contribution in [-0.4, -0.2) is 45.7 Å². The Morgan fingerprint density at radius 1 is 1.30 bits per heavy atom. The molecule has 0 unspecified atom stereocenters. The molecule has 0 fully saturated rings. The summed E-state index contributed by atoms with van der Waals surface area (Å²) in [6.45, 7) is 3.91. The molecule has 0 saturated carbocycles. The molecule has 1 rings (SSSR count). The highest BCUT2D eigenvalue weighted by Gasteiger charge is 2.18. The quantitative estimate of drug-likeness (QED) is 0.701. The highest BCUT2D eigenvalue weighted by Crippen LogP contribution is 2.20. The Kier molecular flexibility index (Phi) is 6.98. The van der Waals surface area contributed by atoms with E-state index in [0.717, 1.165) is 18.7 Å². The molecule has 0 aromatic heterocycles. The molecular formula is C14H24N2O3S. The molecule has 114 valence electrons. The molecule has 6 heteroatoms. The maximum Gasteiger partial charge on any atom is 0.214 e. The number of ether oxygens (including phenoxy) is 1. The predicted molar refractivity (Wildman–Crippen MR) is 81.4 cm³/mol. The van der Waals surface area contributed by atoms with Gasteiger partial charge in [-0.1, -0.05) is 25.1 Å². The van der Waals surface area contributed by atoms with Gasteiger partial charge in [-0.15, -0.1) is 0 Å². The average Bonchev–Trinajstić information content (AvgIpc) is 2.44. The molecule has 0 bridgehead atoms. The molecule has 0 atom stereocenters. The van der Waals surface area contributed by atoms with Crippen molar-refractivity contribution in [3.05, 3.63) is 29.8 Å². The van der Waals surface area contributed by atoms with E-state index in [1.807, 2.05) is 31.2 Å². The van der Waals surface area contributed by atoms with E-state index in [2.05, 4.69) is 5.32 Å². The first-order chi connectivity index (χ1) is 9.51. The zero-order valence-electron chi connectivity index (χ0n) is 12.4. The Hall–Kier alpha value is -1.11. The standard InChI is InChI=1S/C14H24N2O3S/c1-4-15-10-7-11-20(17,18)16(2)12-13-8-5-6-9-14(13)19-3/h5-6,8-9,15H,4,7,10-12H2,1-3H3. The van der Waals surface area contributed by atoms with Crippen LogP contribution in [0.2, 0.25) is 0 Å². The van der Waals surface area contributed by atoms with Gasteiger partial charge in [-0.05, 0) is 25.6 Å². The van der Waals surface area contributed by atoms with Gasteiger partial charge in [0.2, 0.25) is 10.0 Å². The van der Waals surface area contributed by atoms with Crippen molar-refractivity contribution in [2.24, 2.45) is 0 Å². The van der Waals surface area contributed by atoms with E-state index in [1.165, 1.54) is 4.31 Å². The smallest absolute Gasteiger partial charge is 0.214 e. The largest absolute Gasteiger partial charge is 0.496 e. The number of sulfonamides is 1. The number of hydrogen-bond donors (Lipinski definition) is 1. The van der Waals surface area contributed by atoms with Crippen LogP contribution in [-0.2, 0) is 16.6 Å². The summed E-state index contributed by atoms with van der Waals surface area (Å²) < 4.78 is 30.9. The molecule has 0 radical (unpaired) electrons. The van der Waals surface area contributed by atoms with Gasteiger partial charge in [-0.3, -0.25) is 0 Å². The second kappa shape index (κ2) is 8.24. The third-order valence-corrected chi connectivity index (χ3v) is 4.95. The summed E-state index contributed by atoms with van der Waals surface area (Å²) in [5, 5.41) is 3.12. The fourth-order valence-electron chi connectivity index (χ4n) is 1.88. The van der Waals surface area contributed by atoms with Crippen molar-refractivity contribution in [1.29, 1.82) is 0 Å². The van der Waals surface area contributed by atoms with Gasteiger partial charge in [-0.25, -0.2) is 12.7 Å². The number of benzene rings is 1. The van der Waals surface area contributed by atoms with Crippen LogP contribution in [0.1, 0.15) is 18.9 Å². The van der Waals surface area contributed by atoms with Crippen LogP contribution in [0.3, 0.4) is 0 Å². The fraction of sp³-hybridized carbons (Fsp3) is 0.571. The Bertz CT molecular complexity index is 503. The maximum atomic E-state index is 12.2. The SMILES string of the molecule is CCNCCCS(=O)(=O)N(C)Cc1ccccc1OC. The Balaban J connectivity index is 2.62. The minimum Gasteiger partial charge on any atom is -0.496 e. The number of rotatable bonds is 9. The lowest BCUT2D eigenvalue weighted by molar-refractivity contribution is 0.398. The topological polar surface area (TPSA) is 58.6 Å². The molecule has 0 saturated heterocycles. The van der Waals surface area contributed by atoms with E-state index in [-0.39, 0.29) is 5.75 Å². The van der Waals surface area contributed by atoms with Crippen molar-refractivity contribution in [3.8, 4) is 5.75 Å². The van der Waals surface area contributed by atoms with Gasteiger partial charge >= 0.3 is 0 Å². The van der Waals surface area contributed by atoms with E-state index in [1.54, 1.807) is 14.2 Å². The van der Waals surface area contributed by atoms with Gasteiger partial charge in [-0.2, -0.15) is 0 Å². The number of hydrogen-bond acceptors (Lipinski definition) is 4. The zero-order valence-corrected chi connectivity index (χ0v) is 13.2. The van der Waals surface area contributed by atoms with Crippen molar-refractivity contribution in [2.45, 2.75) is 19.9 Å². The molecule has 0 heterocycles. The van der Waals surface area contributed by atoms with Gasteiger partial charge in [0.1, 0.15) is 5.75 Å². The highest BCUT2D eigenvalue weighted by atomic mass is 32.2. The zero-order chi connectivity index (χ0) is 15.0. The summed E-state index contributed by atoms with van der Waals surface area (Å²) >= 11 is 0. The first-order valence-corrected chi connectivity index (χ1v) is 8.38. The van der Waals surface area contributed by atoms with Crippen molar-refractivity contribution < 1.29 is 13.2 Å². The summed E-state index contributed by atoms with van der Waals surface area (Å²) in [6, 6.07) is 7.46. The van der Waals surface area contributed by atoms with E-state index >= 15 is 0 Å². The van der Waals surface area contributed by atoms with E-state index in [9.17, 15) is 8.42 Å². The molecule has 1 aromatic rings. The van der Waals surface area contributed by atoms with Gasteiger partial charge < -0.3 is 10.1 Å². The molecule has 20 heavy (non-hydrogen) atoms. The van der Waals surface area contributed by atoms with Crippen molar-refractivity contribution in [2.75, 3.05) is 33.0 Å². The van der Waals surface area contributed by atoms with E-state index in [0.29, 0.717) is 18.7 Å². The number of nitrogens with zero attached hydrogens (tertiary/aromatic N) is 1.